The average molecular weight is 191 g/mol. The molecule has 0 atom stereocenters. The predicted octanol–water partition coefficient (Wildman–Crippen LogP) is 2.12. The molecule has 1 heterocycles. The third-order valence-corrected chi connectivity index (χ3v) is 2.90. The van der Waals surface area contributed by atoms with Gasteiger partial charge < -0.3 is 11.1 Å². The maximum absolute atomic E-state index is 5.77. The molecule has 1 fully saturated rings. The van der Waals surface area contributed by atoms with Crippen LogP contribution in [0.5, 0.6) is 0 Å². The maximum atomic E-state index is 5.77. The van der Waals surface area contributed by atoms with Gasteiger partial charge in [-0.25, -0.2) is 0 Å². The molecule has 3 N–H and O–H groups in total. The van der Waals surface area contributed by atoms with Gasteiger partial charge in [-0.2, -0.15) is 0 Å². The molecule has 0 aromatic carbocycles. The molecule has 3 heteroatoms. The summed E-state index contributed by atoms with van der Waals surface area (Å²) in [6.07, 6.45) is 6.14. The SMILES string of the molecule is CC1CC(CNc2ccncc2N)C1. The quantitative estimate of drug-likeness (QED) is 0.769. The van der Waals surface area contributed by atoms with Gasteiger partial charge in [-0.1, -0.05) is 6.92 Å². The molecular formula is C11H17N3. The van der Waals surface area contributed by atoms with Gasteiger partial charge in [0.15, 0.2) is 0 Å². The first-order valence-electron chi connectivity index (χ1n) is 5.19. The minimum absolute atomic E-state index is 0.736. The lowest BCUT2D eigenvalue weighted by Crippen LogP contribution is -2.27. The molecular weight excluding hydrogens is 174 g/mol. The van der Waals surface area contributed by atoms with Gasteiger partial charge in [0, 0.05) is 12.7 Å². The first kappa shape index (κ1) is 9.31. The van der Waals surface area contributed by atoms with Crippen molar-refractivity contribution in [1.82, 2.24) is 4.98 Å². The minimum atomic E-state index is 0.736. The lowest BCUT2D eigenvalue weighted by molar-refractivity contribution is 0.225. The van der Waals surface area contributed by atoms with Crippen LogP contribution in [-0.4, -0.2) is 11.5 Å². The molecule has 0 bridgehead atoms. The highest BCUT2D eigenvalue weighted by Crippen LogP contribution is 2.33. The van der Waals surface area contributed by atoms with E-state index in [0.29, 0.717) is 0 Å². The number of nitrogens with one attached hydrogen (secondary N) is 1. The van der Waals surface area contributed by atoms with Gasteiger partial charge in [-0.05, 0) is 30.7 Å². The summed E-state index contributed by atoms with van der Waals surface area (Å²) in [7, 11) is 0. The molecule has 0 amide bonds. The minimum Gasteiger partial charge on any atom is -0.396 e. The Hall–Kier alpha value is -1.25. The Bertz CT molecular complexity index is 305. The third kappa shape index (κ3) is 1.97. The zero-order chi connectivity index (χ0) is 9.97. The molecule has 1 aromatic rings. The summed E-state index contributed by atoms with van der Waals surface area (Å²) in [5, 5.41) is 3.37. The fraction of sp³-hybridized carbons (Fsp3) is 0.545. The Balaban J connectivity index is 1.83. The van der Waals surface area contributed by atoms with E-state index in [0.717, 1.165) is 29.8 Å². The van der Waals surface area contributed by atoms with Crippen LogP contribution >= 0.6 is 0 Å². The number of nitrogen functional groups attached to an aromatic ring is 1. The van der Waals surface area contributed by atoms with E-state index in [4.69, 9.17) is 5.73 Å². The summed E-state index contributed by atoms with van der Waals surface area (Å²) in [6.45, 7) is 3.34. The fourth-order valence-corrected chi connectivity index (χ4v) is 2.06. The largest absolute Gasteiger partial charge is 0.396 e. The summed E-state index contributed by atoms with van der Waals surface area (Å²) in [6, 6.07) is 1.93. The van der Waals surface area contributed by atoms with Crippen molar-refractivity contribution in [1.29, 1.82) is 0 Å². The Morgan fingerprint density at radius 3 is 3.00 bits per heavy atom. The molecule has 1 saturated carbocycles. The van der Waals surface area contributed by atoms with E-state index in [2.05, 4.69) is 17.2 Å². The Morgan fingerprint density at radius 2 is 2.36 bits per heavy atom. The lowest BCUT2D eigenvalue weighted by Gasteiger charge is -2.33. The summed E-state index contributed by atoms with van der Waals surface area (Å²) < 4.78 is 0. The van der Waals surface area contributed by atoms with Gasteiger partial charge in [0.25, 0.3) is 0 Å². The number of pyridine rings is 1. The average Bonchev–Trinajstić information content (AvgIpc) is 2.13. The standard InChI is InChI=1S/C11H17N3/c1-8-4-9(5-8)6-14-11-2-3-13-7-10(11)12/h2-3,7-9H,4-6,12H2,1H3,(H,13,14). The van der Waals surface area contributed by atoms with Crippen molar-refractivity contribution in [3.05, 3.63) is 18.5 Å². The zero-order valence-electron chi connectivity index (χ0n) is 8.53. The van der Waals surface area contributed by atoms with Crippen molar-refractivity contribution in [3.63, 3.8) is 0 Å². The van der Waals surface area contributed by atoms with Crippen molar-refractivity contribution < 1.29 is 0 Å². The van der Waals surface area contributed by atoms with Crippen molar-refractivity contribution in [2.75, 3.05) is 17.6 Å². The van der Waals surface area contributed by atoms with Crippen molar-refractivity contribution in [2.24, 2.45) is 11.8 Å². The molecule has 76 valence electrons. The van der Waals surface area contributed by atoms with Crippen LogP contribution in [0, 0.1) is 11.8 Å². The number of anilines is 2. The second kappa shape index (κ2) is 3.86. The summed E-state index contributed by atoms with van der Waals surface area (Å²) in [5.41, 5.74) is 7.52. The molecule has 1 aliphatic carbocycles. The Kier molecular flexibility index (Phi) is 2.57. The number of hydrogen-bond donors (Lipinski definition) is 2. The lowest BCUT2D eigenvalue weighted by atomic mass is 9.76. The van der Waals surface area contributed by atoms with Crippen molar-refractivity contribution in [2.45, 2.75) is 19.8 Å². The molecule has 0 aliphatic heterocycles. The highest BCUT2D eigenvalue weighted by atomic mass is 14.9. The number of rotatable bonds is 3. The highest BCUT2D eigenvalue weighted by Gasteiger charge is 2.24. The van der Waals surface area contributed by atoms with Gasteiger partial charge in [0.1, 0.15) is 0 Å². The normalized spacial score (nSPS) is 25.5. The van der Waals surface area contributed by atoms with E-state index in [-0.39, 0.29) is 0 Å². The molecule has 2 rings (SSSR count). The molecule has 1 aromatic heterocycles. The first-order valence-corrected chi connectivity index (χ1v) is 5.19. The van der Waals surface area contributed by atoms with Gasteiger partial charge >= 0.3 is 0 Å². The van der Waals surface area contributed by atoms with Crippen LogP contribution in [0.25, 0.3) is 0 Å². The Labute approximate surface area is 84.7 Å². The van der Waals surface area contributed by atoms with Gasteiger partial charge in [0.2, 0.25) is 0 Å². The number of hydrogen-bond acceptors (Lipinski definition) is 3. The predicted molar refractivity (Wildman–Crippen MR) is 59.0 cm³/mol. The van der Waals surface area contributed by atoms with Crippen LogP contribution in [0.4, 0.5) is 11.4 Å². The van der Waals surface area contributed by atoms with Crippen LogP contribution in [0.2, 0.25) is 0 Å². The topological polar surface area (TPSA) is 50.9 Å². The van der Waals surface area contributed by atoms with E-state index in [9.17, 15) is 0 Å². The van der Waals surface area contributed by atoms with Crippen LogP contribution in [0.1, 0.15) is 19.8 Å². The number of aromatic nitrogens is 1. The molecule has 3 nitrogen and oxygen atoms in total. The Morgan fingerprint density at radius 1 is 1.57 bits per heavy atom. The van der Waals surface area contributed by atoms with Crippen LogP contribution in [0.3, 0.4) is 0 Å². The first-order chi connectivity index (χ1) is 6.75. The molecule has 14 heavy (non-hydrogen) atoms. The number of nitrogens with zero attached hydrogens (tertiary/aromatic N) is 1. The van der Waals surface area contributed by atoms with Crippen LogP contribution in [-0.2, 0) is 0 Å². The fourth-order valence-electron chi connectivity index (χ4n) is 2.06. The van der Waals surface area contributed by atoms with E-state index in [1.54, 1.807) is 12.4 Å². The van der Waals surface area contributed by atoms with Gasteiger partial charge in [-0.15, -0.1) is 0 Å². The van der Waals surface area contributed by atoms with Crippen molar-refractivity contribution >= 4 is 11.4 Å². The van der Waals surface area contributed by atoms with Crippen molar-refractivity contribution in [3.8, 4) is 0 Å². The monoisotopic (exact) mass is 191 g/mol. The third-order valence-electron chi connectivity index (χ3n) is 2.90. The summed E-state index contributed by atoms with van der Waals surface area (Å²) >= 11 is 0. The molecule has 0 unspecified atom stereocenters. The highest BCUT2D eigenvalue weighted by molar-refractivity contribution is 5.64. The van der Waals surface area contributed by atoms with Crippen LogP contribution < -0.4 is 11.1 Å². The van der Waals surface area contributed by atoms with Crippen LogP contribution in [0.15, 0.2) is 18.5 Å². The van der Waals surface area contributed by atoms with E-state index < -0.39 is 0 Å². The molecule has 0 saturated heterocycles. The molecule has 0 spiro atoms. The van der Waals surface area contributed by atoms with E-state index in [1.165, 1.54) is 12.8 Å². The van der Waals surface area contributed by atoms with Gasteiger partial charge in [0.05, 0.1) is 17.6 Å². The maximum Gasteiger partial charge on any atom is 0.0736 e. The summed E-state index contributed by atoms with van der Waals surface area (Å²) in [4.78, 5) is 3.95. The number of nitrogens with two attached hydrogens (primary N) is 1. The smallest absolute Gasteiger partial charge is 0.0736 e. The summed E-state index contributed by atoms with van der Waals surface area (Å²) in [5.74, 6) is 1.74. The second-order valence-electron chi connectivity index (χ2n) is 4.29. The van der Waals surface area contributed by atoms with Gasteiger partial charge in [-0.3, -0.25) is 4.98 Å². The zero-order valence-corrected chi connectivity index (χ0v) is 8.53. The second-order valence-corrected chi connectivity index (χ2v) is 4.29. The molecule has 1 aliphatic rings. The van der Waals surface area contributed by atoms with E-state index >= 15 is 0 Å². The van der Waals surface area contributed by atoms with E-state index in [1.807, 2.05) is 6.07 Å². The molecule has 0 radical (unpaired) electrons.